The Morgan fingerprint density at radius 3 is 1.88 bits per heavy atom. The molecule has 0 aliphatic heterocycles. The average Bonchev–Trinajstić information content (AvgIpc) is 2.59. The molecule has 0 aliphatic carbocycles. The molecular formula is C21H35NO2. The second-order valence-electron chi connectivity index (χ2n) is 6.60. The van der Waals surface area contributed by atoms with Crippen molar-refractivity contribution in [3.63, 3.8) is 0 Å². The zero-order chi connectivity index (χ0) is 17.5. The molecule has 0 heterocycles. The molecule has 0 saturated carbocycles. The van der Waals surface area contributed by atoms with E-state index >= 15 is 0 Å². The molecule has 0 bridgehead atoms. The van der Waals surface area contributed by atoms with Gasteiger partial charge < -0.3 is 10.5 Å². The number of unbranched alkanes of at least 4 members (excludes halogenated alkanes) is 11. The van der Waals surface area contributed by atoms with E-state index in [0.29, 0.717) is 17.9 Å². The number of nitrogens with two attached hydrogens (primary N) is 1. The number of para-hydroxylation sites is 1. The minimum Gasteiger partial charge on any atom is -0.493 e. The highest BCUT2D eigenvalue weighted by Gasteiger charge is 2.07. The Hall–Kier alpha value is -1.51. The van der Waals surface area contributed by atoms with E-state index in [9.17, 15) is 4.79 Å². The number of primary amides is 1. The minimum absolute atomic E-state index is 0.430. The van der Waals surface area contributed by atoms with Crippen molar-refractivity contribution in [1.82, 2.24) is 0 Å². The van der Waals surface area contributed by atoms with E-state index < -0.39 is 5.91 Å². The van der Waals surface area contributed by atoms with Crippen LogP contribution in [0.1, 0.15) is 94.3 Å². The van der Waals surface area contributed by atoms with Crippen LogP contribution in [0.5, 0.6) is 5.75 Å². The molecule has 1 aromatic carbocycles. The predicted molar refractivity (Wildman–Crippen MR) is 102 cm³/mol. The Morgan fingerprint density at radius 1 is 0.833 bits per heavy atom. The van der Waals surface area contributed by atoms with Gasteiger partial charge in [-0.3, -0.25) is 4.79 Å². The summed E-state index contributed by atoms with van der Waals surface area (Å²) in [7, 11) is 0. The maximum absolute atomic E-state index is 11.3. The molecule has 1 aromatic rings. The smallest absolute Gasteiger partial charge is 0.252 e. The van der Waals surface area contributed by atoms with Crippen LogP contribution in [0.15, 0.2) is 24.3 Å². The molecule has 2 N–H and O–H groups in total. The summed E-state index contributed by atoms with van der Waals surface area (Å²) in [5.41, 5.74) is 5.81. The monoisotopic (exact) mass is 333 g/mol. The number of hydrogen-bond acceptors (Lipinski definition) is 2. The lowest BCUT2D eigenvalue weighted by Gasteiger charge is -2.09. The van der Waals surface area contributed by atoms with Gasteiger partial charge in [0.05, 0.1) is 12.2 Å². The largest absolute Gasteiger partial charge is 0.493 e. The quantitative estimate of drug-likeness (QED) is 0.408. The summed E-state index contributed by atoms with van der Waals surface area (Å²) in [6.45, 7) is 2.92. The first-order chi connectivity index (χ1) is 11.8. The number of carbonyl (C=O) groups is 1. The molecule has 0 radical (unpaired) electrons. The van der Waals surface area contributed by atoms with E-state index in [1.54, 1.807) is 18.2 Å². The van der Waals surface area contributed by atoms with Crippen molar-refractivity contribution in [3.05, 3.63) is 29.8 Å². The summed E-state index contributed by atoms with van der Waals surface area (Å²) < 4.78 is 5.69. The Bertz CT molecular complexity index is 445. The van der Waals surface area contributed by atoms with Gasteiger partial charge in [-0.15, -0.1) is 0 Å². The molecule has 1 amide bonds. The predicted octanol–water partition coefficient (Wildman–Crippen LogP) is 5.87. The van der Waals surface area contributed by atoms with Crippen LogP contribution in [0.4, 0.5) is 0 Å². The third-order valence-electron chi connectivity index (χ3n) is 4.41. The summed E-state index contributed by atoms with van der Waals surface area (Å²) in [5.74, 6) is 0.174. The highest BCUT2D eigenvalue weighted by molar-refractivity contribution is 5.95. The van der Waals surface area contributed by atoms with Crippen LogP contribution < -0.4 is 10.5 Å². The number of rotatable bonds is 15. The van der Waals surface area contributed by atoms with E-state index in [1.165, 1.54) is 70.6 Å². The standard InChI is InChI=1S/C21H35NO2/c1-2-3-4-5-6-7-8-9-10-11-12-15-18-24-20-17-14-13-16-19(20)21(22)23/h13-14,16-17H,2-12,15,18H2,1H3,(H2,22,23). The maximum atomic E-state index is 11.3. The zero-order valence-corrected chi connectivity index (χ0v) is 15.4. The number of ether oxygens (including phenoxy) is 1. The van der Waals surface area contributed by atoms with Crippen molar-refractivity contribution in [2.45, 2.75) is 84.0 Å². The van der Waals surface area contributed by atoms with Gasteiger partial charge in [-0.05, 0) is 18.6 Å². The Balaban J connectivity index is 1.93. The van der Waals surface area contributed by atoms with Gasteiger partial charge in [-0.2, -0.15) is 0 Å². The number of hydrogen-bond donors (Lipinski definition) is 1. The van der Waals surface area contributed by atoms with Gasteiger partial charge in [-0.25, -0.2) is 0 Å². The molecule has 0 unspecified atom stereocenters. The maximum Gasteiger partial charge on any atom is 0.252 e. The minimum atomic E-state index is -0.430. The van der Waals surface area contributed by atoms with Gasteiger partial charge >= 0.3 is 0 Å². The van der Waals surface area contributed by atoms with E-state index in [2.05, 4.69) is 6.92 Å². The van der Waals surface area contributed by atoms with Gasteiger partial charge in [-0.1, -0.05) is 89.7 Å². The Morgan fingerprint density at radius 2 is 1.33 bits per heavy atom. The fourth-order valence-corrected chi connectivity index (χ4v) is 2.92. The number of carbonyl (C=O) groups excluding carboxylic acids is 1. The molecule has 0 atom stereocenters. The van der Waals surface area contributed by atoms with Crippen LogP contribution in [-0.2, 0) is 0 Å². The van der Waals surface area contributed by atoms with Crippen LogP contribution in [0.3, 0.4) is 0 Å². The third kappa shape index (κ3) is 9.59. The lowest BCUT2D eigenvalue weighted by atomic mass is 10.1. The van der Waals surface area contributed by atoms with Gasteiger partial charge in [0.25, 0.3) is 5.91 Å². The Kier molecular flexibility index (Phi) is 11.9. The van der Waals surface area contributed by atoms with Crippen molar-refractivity contribution in [2.75, 3.05) is 6.61 Å². The second-order valence-corrected chi connectivity index (χ2v) is 6.60. The summed E-state index contributed by atoms with van der Waals surface area (Å²) in [6, 6.07) is 7.18. The molecule has 0 aromatic heterocycles. The Labute approximate surface area is 148 Å². The molecule has 3 heteroatoms. The highest BCUT2D eigenvalue weighted by Crippen LogP contribution is 2.18. The van der Waals surface area contributed by atoms with Crippen molar-refractivity contribution >= 4 is 5.91 Å². The summed E-state index contributed by atoms with van der Waals surface area (Å²) in [4.78, 5) is 11.3. The first-order valence-electron chi connectivity index (χ1n) is 9.77. The molecule has 3 nitrogen and oxygen atoms in total. The lowest BCUT2D eigenvalue weighted by molar-refractivity contribution is 0.0996. The van der Waals surface area contributed by atoms with Crippen molar-refractivity contribution in [1.29, 1.82) is 0 Å². The van der Waals surface area contributed by atoms with Crippen LogP contribution >= 0.6 is 0 Å². The van der Waals surface area contributed by atoms with Gasteiger partial charge in [0, 0.05) is 0 Å². The van der Waals surface area contributed by atoms with Crippen LogP contribution in [0.2, 0.25) is 0 Å². The zero-order valence-electron chi connectivity index (χ0n) is 15.4. The number of amides is 1. The summed E-state index contributed by atoms with van der Waals surface area (Å²) in [5, 5.41) is 0. The van der Waals surface area contributed by atoms with E-state index in [0.717, 1.165) is 6.42 Å². The topological polar surface area (TPSA) is 52.3 Å². The lowest BCUT2D eigenvalue weighted by Crippen LogP contribution is -2.13. The molecular weight excluding hydrogens is 298 g/mol. The van der Waals surface area contributed by atoms with Crippen LogP contribution in [0, 0.1) is 0 Å². The average molecular weight is 334 g/mol. The molecule has 0 aliphatic rings. The molecule has 0 spiro atoms. The normalized spacial score (nSPS) is 10.7. The fourth-order valence-electron chi connectivity index (χ4n) is 2.92. The van der Waals surface area contributed by atoms with Crippen LogP contribution in [-0.4, -0.2) is 12.5 Å². The van der Waals surface area contributed by atoms with Crippen molar-refractivity contribution in [3.8, 4) is 5.75 Å². The molecule has 0 fully saturated rings. The number of benzene rings is 1. The van der Waals surface area contributed by atoms with Gasteiger partial charge in [0.2, 0.25) is 0 Å². The summed E-state index contributed by atoms with van der Waals surface area (Å²) in [6.07, 6.45) is 15.9. The molecule has 24 heavy (non-hydrogen) atoms. The summed E-state index contributed by atoms with van der Waals surface area (Å²) >= 11 is 0. The molecule has 0 saturated heterocycles. The second kappa shape index (κ2) is 13.9. The van der Waals surface area contributed by atoms with E-state index in [1.807, 2.05) is 6.07 Å². The fraction of sp³-hybridized carbons (Fsp3) is 0.667. The van der Waals surface area contributed by atoms with Crippen molar-refractivity contribution in [2.24, 2.45) is 5.73 Å². The van der Waals surface area contributed by atoms with Crippen LogP contribution in [0.25, 0.3) is 0 Å². The van der Waals surface area contributed by atoms with Gasteiger partial charge in [0.15, 0.2) is 0 Å². The van der Waals surface area contributed by atoms with E-state index in [-0.39, 0.29) is 0 Å². The SMILES string of the molecule is CCCCCCCCCCCCCCOc1ccccc1C(N)=O. The van der Waals surface area contributed by atoms with E-state index in [4.69, 9.17) is 10.5 Å². The first-order valence-corrected chi connectivity index (χ1v) is 9.77. The van der Waals surface area contributed by atoms with Crippen molar-refractivity contribution < 1.29 is 9.53 Å². The van der Waals surface area contributed by atoms with Gasteiger partial charge in [0.1, 0.15) is 5.75 Å². The first kappa shape index (κ1) is 20.5. The molecule has 136 valence electrons. The highest BCUT2D eigenvalue weighted by atomic mass is 16.5. The molecule has 1 rings (SSSR count). The third-order valence-corrected chi connectivity index (χ3v) is 4.41.